The van der Waals surface area contributed by atoms with E-state index in [0.29, 0.717) is 23.7 Å². The monoisotopic (exact) mass is 252 g/mol. The highest BCUT2D eigenvalue weighted by Gasteiger charge is 2.18. The molecule has 0 unspecified atom stereocenters. The summed E-state index contributed by atoms with van der Waals surface area (Å²) in [6, 6.07) is 0. The van der Waals surface area contributed by atoms with Crippen molar-refractivity contribution in [2.75, 3.05) is 0 Å². The van der Waals surface area contributed by atoms with Crippen LogP contribution in [0.2, 0.25) is 5.02 Å². The zero-order chi connectivity index (χ0) is 12.3. The molecule has 4 heteroatoms. The van der Waals surface area contributed by atoms with E-state index in [1.54, 1.807) is 10.9 Å². The van der Waals surface area contributed by atoms with Crippen LogP contribution < -0.4 is 0 Å². The van der Waals surface area contributed by atoms with E-state index in [0.717, 1.165) is 12.8 Å². The number of rotatable bonds is 4. The van der Waals surface area contributed by atoms with Crippen molar-refractivity contribution in [1.82, 2.24) is 9.78 Å². The highest BCUT2D eigenvalue weighted by atomic mass is 35.5. The number of hydrogen-bond donors (Lipinski definition) is 0. The third-order valence-electron chi connectivity index (χ3n) is 3.13. The molecule has 0 saturated heterocycles. The smallest absolute Gasteiger partial charge is 0.186 e. The maximum Gasteiger partial charge on any atom is 0.186 e. The van der Waals surface area contributed by atoms with Crippen molar-refractivity contribution in [2.24, 2.45) is 0 Å². The zero-order valence-corrected chi connectivity index (χ0v) is 10.8. The minimum Gasteiger partial charge on any atom is -0.292 e. The lowest BCUT2D eigenvalue weighted by Crippen LogP contribution is -2.11. The fourth-order valence-electron chi connectivity index (χ4n) is 2.23. The van der Waals surface area contributed by atoms with E-state index < -0.39 is 0 Å². The summed E-state index contributed by atoms with van der Waals surface area (Å²) in [7, 11) is 0. The summed E-state index contributed by atoms with van der Waals surface area (Å²) in [6.07, 6.45) is 8.82. The number of carbonyl (C=O) groups excluding carboxylic acids is 1. The van der Waals surface area contributed by atoms with E-state index in [9.17, 15) is 4.79 Å². The van der Waals surface area contributed by atoms with Crippen LogP contribution in [0.25, 0.3) is 0 Å². The van der Waals surface area contributed by atoms with Crippen LogP contribution in [0.15, 0.2) is 17.8 Å². The number of aryl methyl sites for hydroxylation is 1. The van der Waals surface area contributed by atoms with Crippen molar-refractivity contribution in [2.45, 2.75) is 45.6 Å². The van der Waals surface area contributed by atoms with Crippen LogP contribution >= 0.6 is 11.6 Å². The Labute approximate surface area is 106 Å². The molecule has 0 radical (unpaired) electrons. The van der Waals surface area contributed by atoms with Gasteiger partial charge in [0, 0.05) is 13.0 Å². The number of carbonyl (C=O) groups is 1. The molecule has 1 aliphatic rings. The van der Waals surface area contributed by atoms with Crippen LogP contribution in [0, 0.1) is 0 Å². The molecule has 1 heterocycles. The fourth-order valence-corrected chi connectivity index (χ4v) is 2.48. The van der Waals surface area contributed by atoms with Gasteiger partial charge in [-0.25, -0.2) is 0 Å². The lowest BCUT2D eigenvalue weighted by Gasteiger charge is -2.12. The SMILES string of the molecule is CCn1ncc(Cl)c1C(=O)CC1=CCCCC1. The minimum absolute atomic E-state index is 0.0856. The lowest BCUT2D eigenvalue weighted by atomic mass is 9.95. The normalized spacial score (nSPS) is 15.8. The van der Waals surface area contributed by atoms with Gasteiger partial charge < -0.3 is 0 Å². The third kappa shape index (κ3) is 2.78. The van der Waals surface area contributed by atoms with E-state index >= 15 is 0 Å². The first-order valence-corrected chi connectivity index (χ1v) is 6.52. The molecule has 17 heavy (non-hydrogen) atoms. The predicted octanol–water partition coefficient (Wildman–Crippen LogP) is 3.63. The number of aromatic nitrogens is 2. The molecule has 1 aromatic rings. The van der Waals surface area contributed by atoms with Gasteiger partial charge in [-0.2, -0.15) is 5.10 Å². The third-order valence-corrected chi connectivity index (χ3v) is 3.41. The van der Waals surface area contributed by atoms with Crippen molar-refractivity contribution in [3.63, 3.8) is 0 Å². The summed E-state index contributed by atoms with van der Waals surface area (Å²) in [6.45, 7) is 2.63. The Hall–Kier alpha value is -1.09. The zero-order valence-electron chi connectivity index (χ0n) is 10.1. The number of Topliss-reactive ketones (excluding diaryl/α,β-unsaturated/α-hetero) is 1. The first kappa shape index (κ1) is 12.4. The summed E-state index contributed by atoms with van der Waals surface area (Å²) in [4.78, 5) is 12.2. The number of allylic oxidation sites excluding steroid dienone is 2. The average molecular weight is 253 g/mol. The Kier molecular flexibility index (Phi) is 4.00. The van der Waals surface area contributed by atoms with Crippen LogP contribution in [-0.4, -0.2) is 15.6 Å². The molecule has 0 saturated carbocycles. The number of halogens is 1. The van der Waals surface area contributed by atoms with Gasteiger partial charge in [-0.15, -0.1) is 0 Å². The lowest BCUT2D eigenvalue weighted by molar-refractivity contribution is 0.0981. The highest BCUT2D eigenvalue weighted by Crippen LogP contribution is 2.24. The Morgan fingerprint density at radius 2 is 2.35 bits per heavy atom. The second kappa shape index (κ2) is 5.50. The van der Waals surface area contributed by atoms with Crippen molar-refractivity contribution in [1.29, 1.82) is 0 Å². The van der Waals surface area contributed by atoms with Crippen molar-refractivity contribution < 1.29 is 4.79 Å². The van der Waals surface area contributed by atoms with E-state index in [-0.39, 0.29) is 5.78 Å². The maximum atomic E-state index is 12.2. The molecular weight excluding hydrogens is 236 g/mol. The molecule has 0 aliphatic heterocycles. The summed E-state index contributed by atoms with van der Waals surface area (Å²) >= 11 is 6.01. The van der Waals surface area contributed by atoms with Gasteiger partial charge in [-0.3, -0.25) is 9.48 Å². The van der Waals surface area contributed by atoms with Gasteiger partial charge in [0.1, 0.15) is 5.69 Å². The van der Waals surface area contributed by atoms with Gasteiger partial charge in [0.25, 0.3) is 0 Å². The van der Waals surface area contributed by atoms with Gasteiger partial charge in [-0.1, -0.05) is 23.3 Å². The molecular formula is C13H17ClN2O. The standard InChI is InChI=1S/C13H17ClN2O/c1-2-16-13(11(14)9-15-16)12(17)8-10-6-4-3-5-7-10/h6,9H,2-5,7-8H2,1H3. The van der Waals surface area contributed by atoms with Crippen LogP contribution in [0.5, 0.6) is 0 Å². The molecule has 3 nitrogen and oxygen atoms in total. The van der Waals surface area contributed by atoms with Gasteiger partial charge in [0.15, 0.2) is 5.78 Å². The summed E-state index contributed by atoms with van der Waals surface area (Å²) in [5.41, 5.74) is 1.81. The maximum absolute atomic E-state index is 12.2. The fraction of sp³-hybridized carbons (Fsp3) is 0.538. The topological polar surface area (TPSA) is 34.9 Å². The molecule has 1 aromatic heterocycles. The van der Waals surface area contributed by atoms with Gasteiger partial charge >= 0.3 is 0 Å². The summed E-state index contributed by atoms with van der Waals surface area (Å²) in [5.74, 6) is 0.0856. The van der Waals surface area contributed by atoms with E-state index in [1.165, 1.54) is 18.4 Å². The van der Waals surface area contributed by atoms with E-state index in [1.807, 2.05) is 6.92 Å². The highest BCUT2D eigenvalue weighted by molar-refractivity contribution is 6.33. The second-order valence-electron chi connectivity index (χ2n) is 4.36. The molecule has 0 aromatic carbocycles. The predicted molar refractivity (Wildman–Crippen MR) is 68.4 cm³/mol. The van der Waals surface area contributed by atoms with Crippen LogP contribution in [-0.2, 0) is 6.54 Å². The first-order valence-electron chi connectivity index (χ1n) is 6.14. The number of ketones is 1. The van der Waals surface area contributed by atoms with Crippen LogP contribution in [0.3, 0.4) is 0 Å². The number of hydrogen-bond acceptors (Lipinski definition) is 2. The molecule has 2 rings (SSSR count). The Bertz CT molecular complexity index is 448. The van der Waals surface area contributed by atoms with Gasteiger partial charge in [-0.05, 0) is 32.6 Å². The Morgan fingerprint density at radius 1 is 1.53 bits per heavy atom. The molecule has 0 bridgehead atoms. The quantitative estimate of drug-likeness (QED) is 0.606. The summed E-state index contributed by atoms with van der Waals surface area (Å²) < 4.78 is 1.67. The Morgan fingerprint density at radius 3 is 3.00 bits per heavy atom. The van der Waals surface area contributed by atoms with E-state index in [2.05, 4.69) is 11.2 Å². The van der Waals surface area contributed by atoms with E-state index in [4.69, 9.17) is 11.6 Å². The van der Waals surface area contributed by atoms with Gasteiger partial charge in [0.2, 0.25) is 0 Å². The summed E-state index contributed by atoms with van der Waals surface area (Å²) in [5, 5.41) is 4.56. The molecule has 0 atom stereocenters. The van der Waals surface area contributed by atoms with Crippen molar-refractivity contribution in [3.05, 3.63) is 28.6 Å². The van der Waals surface area contributed by atoms with Crippen molar-refractivity contribution >= 4 is 17.4 Å². The van der Waals surface area contributed by atoms with Crippen LogP contribution in [0.1, 0.15) is 49.5 Å². The average Bonchev–Trinajstić information content (AvgIpc) is 2.71. The molecule has 1 aliphatic carbocycles. The molecule has 92 valence electrons. The van der Waals surface area contributed by atoms with Crippen LogP contribution in [0.4, 0.5) is 0 Å². The second-order valence-corrected chi connectivity index (χ2v) is 4.77. The largest absolute Gasteiger partial charge is 0.292 e. The molecule has 0 N–H and O–H groups in total. The molecule has 0 fully saturated rings. The number of nitrogens with zero attached hydrogens (tertiary/aromatic N) is 2. The minimum atomic E-state index is 0.0856. The molecule has 0 spiro atoms. The Balaban J connectivity index is 2.13. The molecule has 0 amide bonds. The first-order chi connectivity index (χ1) is 8.22. The van der Waals surface area contributed by atoms with Gasteiger partial charge in [0.05, 0.1) is 11.2 Å². The van der Waals surface area contributed by atoms with Crippen molar-refractivity contribution in [3.8, 4) is 0 Å².